The Balaban J connectivity index is 2.88. The van der Waals surface area contributed by atoms with Crippen molar-refractivity contribution in [2.45, 2.75) is 38.5 Å². The molecular weight excluding hydrogens is 246 g/mol. The van der Waals surface area contributed by atoms with E-state index in [1.54, 1.807) is 0 Å². The lowest BCUT2D eigenvalue weighted by molar-refractivity contribution is 0.136. The Bertz CT molecular complexity index is 160. The SMILES string of the molecule is [N-]=[N+]=NCOCCCCCCCCBr. The van der Waals surface area contributed by atoms with E-state index in [1.807, 2.05) is 0 Å². The second-order valence-electron chi connectivity index (χ2n) is 3.08. The zero-order valence-electron chi connectivity index (χ0n) is 8.49. The highest BCUT2D eigenvalue weighted by Crippen LogP contribution is 2.06. The van der Waals surface area contributed by atoms with Crippen molar-refractivity contribution in [3.05, 3.63) is 10.4 Å². The zero-order valence-corrected chi connectivity index (χ0v) is 10.1. The number of nitrogens with zero attached hydrogens (tertiary/aromatic N) is 3. The highest BCUT2D eigenvalue weighted by Gasteiger charge is 1.90. The quantitative estimate of drug-likeness (QED) is 0.193. The lowest BCUT2D eigenvalue weighted by atomic mass is 10.1. The molecule has 0 N–H and O–H groups in total. The van der Waals surface area contributed by atoms with Crippen molar-refractivity contribution in [2.24, 2.45) is 5.11 Å². The molecule has 0 unspecified atom stereocenters. The van der Waals surface area contributed by atoms with Gasteiger partial charge in [0.1, 0.15) is 6.73 Å². The maximum atomic E-state index is 7.96. The predicted octanol–water partition coefficient (Wildman–Crippen LogP) is 4.01. The first-order valence-corrected chi connectivity index (χ1v) is 6.18. The van der Waals surface area contributed by atoms with Gasteiger partial charge in [0.2, 0.25) is 0 Å². The second kappa shape index (κ2) is 12.8. The summed E-state index contributed by atoms with van der Waals surface area (Å²) in [6.07, 6.45) is 7.44. The first kappa shape index (κ1) is 13.8. The number of hydrogen-bond acceptors (Lipinski definition) is 2. The molecule has 0 fully saturated rings. The average molecular weight is 264 g/mol. The van der Waals surface area contributed by atoms with E-state index in [4.69, 9.17) is 10.3 Å². The van der Waals surface area contributed by atoms with Crippen LogP contribution < -0.4 is 0 Å². The molecule has 0 aromatic carbocycles. The predicted molar refractivity (Wildman–Crippen MR) is 61.5 cm³/mol. The molecule has 14 heavy (non-hydrogen) atoms. The summed E-state index contributed by atoms with van der Waals surface area (Å²) in [5.41, 5.74) is 7.96. The third kappa shape index (κ3) is 11.8. The molecule has 0 spiro atoms. The number of rotatable bonds is 10. The Kier molecular flexibility index (Phi) is 12.5. The van der Waals surface area contributed by atoms with Crippen molar-refractivity contribution in [3.8, 4) is 0 Å². The number of azide groups is 1. The van der Waals surface area contributed by atoms with Gasteiger partial charge in [-0.15, -0.1) is 0 Å². The fraction of sp³-hybridized carbons (Fsp3) is 1.00. The van der Waals surface area contributed by atoms with Gasteiger partial charge in [-0.3, -0.25) is 0 Å². The Labute approximate surface area is 93.8 Å². The average Bonchev–Trinajstić information content (AvgIpc) is 2.21. The van der Waals surface area contributed by atoms with Crippen molar-refractivity contribution in [2.75, 3.05) is 18.7 Å². The maximum Gasteiger partial charge on any atom is 0.125 e. The van der Waals surface area contributed by atoms with Gasteiger partial charge in [-0.2, -0.15) is 0 Å². The molecule has 0 rings (SSSR count). The number of ether oxygens (including phenoxy) is 1. The topological polar surface area (TPSA) is 58.0 Å². The van der Waals surface area contributed by atoms with Crippen LogP contribution in [0.1, 0.15) is 38.5 Å². The molecule has 0 aromatic heterocycles. The maximum absolute atomic E-state index is 7.96. The summed E-state index contributed by atoms with van der Waals surface area (Å²) < 4.78 is 5.07. The van der Waals surface area contributed by atoms with Gasteiger partial charge in [-0.1, -0.05) is 46.7 Å². The van der Waals surface area contributed by atoms with E-state index < -0.39 is 0 Å². The summed E-state index contributed by atoms with van der Waals surface area (Å²) in [6.45, 7) is 0.873. The third-order valence-corrected chi connectivity index (χ3v) is 2.45. The zero-order chi connectivity index (χ0) is 10.5. The van der Waals surface area contributed by atoms with Crippen molar-refractivity contribution in [1.29, 1.82) is 0 Å². The monoisotopic (exact) mass is 263 g/mol. The number of hydrogen-bond donors (Lipinski definition) is 0. The molecule has 0 heterocycles. The molecule has 4 nitrogen and oxygen atoms in total. The van der Waals surface area contributed by atoms with Gasteiger partial charge >= 0.3 is 0 Å². The van der Waals surface area contributed by atoms with Gasteiger partial charge in [0.15, 0.2) is 0 Å². The van der Waals surface area contributed by atoms with E-state index in [0.29, 0.717) is 6.61 Å². The molecule has 0 aliphatic carbocycles. The van der Waals surface area contributed by atoms with E-state index >= 15 is 0 Å². The first-order valence-electron chi connectivity index (χ1n) is 5.06. The lowest BCUT2D eigenvalue weighted by Gasteiger charge is -2.00. The summed E-state index contributed by atoms with van der Waals surface area (Å²) in [7, 11) is 0. The van der Waals surface area contributed by atoms with E-state index in [2.05, 4.69) is 26.0 Å². The molecule has 5 heteroatoms. The standard InChI is InChI=1S/C9H18BrN3O/c10-7-5-3-1-2-4-6-8-14-9-12-13-11/h1-9H2. The van der Waals surface area contributed by atoms with Gasteiger partial charge in [-0.05, 0) is 18.4 Å². The summed E-state index contributed by atoms with van der Waals surface area (Å²) in [6, 6.07) is 0. The Morgan fingerprint density at radius 1 is 1.07 bits per heavy atom. The molecular formula is C9H18BrN3O. The van der Waals surface area contributed by atoms with Gasteiger partial charge in [0.25, 0.3) is 0 Å². The highest BCUT2D eigenvalue weighted by molar-refractivity contribution is 9.09. The molecule has 0 aromatic rings. The largest absolute Gasteiger partial charge is 0.375 e. The Morgan fingerprint density at radius 3 is 2.36 bits per heavy atom. The minimum absolute atomic E-state index is 0.167. The number of unbranched alkanes of at least 4 members (excludes halogenated alkanes) is 5. The fourth-order valence-electron chi connectivity index (χ4n) is 1.14. The minimum Gasteiger partial charge on any atom is -0.375 e. The summed E-state index contributed by atoms with van der Waals surface area (Å²) in [4.78, 5) is 2.60. The van der Waals surface area contributed by atoms with E-state index in [-0.39, 0.29) is 6.73 Å². The second-order valence-corrected chi connectivity index (χ2v) is 3.87. The van der Waals surface area contributed by atoms with Gasteiger partial charge < -0.3 is 4.74 Å². The smallest absolute Gasteiger partial charge is 0.125 e. The van der Waals surface area contributed by atoms with E-state index in [1.165, 1.54) is 32.1 Å². The van der Waals surface area contributed by atoms with Crippen LogP contribution in [0.4, 0.5) is 0 Å². The Hall–Kier alpha value is -0.250. The molecule has 0 saturated heterocycles. The fourth-order valence-corrected chi connectivity index (χ4v) is 1.53. The van der Waals surface area contributed by atoms with Crippen LogP contribution >= 0.6 is 15.9 Å². The normalized spacial score (nSPS) is 9.79. The van der Waals surface area contributed by atoms with Crippen LogP contribution in [0.2, 0.25) is 0 Å². The van der Waals surface area contributed by atoms with Gasteiger partial charge in [0.05, 0.1) is 0 Å². The minimum atomic E-state index is 0.167. The third-order valence-electron chi connectivity index (χ3n) is 1.88. The van der Waals surface area contributed by atoms with Crippen LogP contribution in [0.5, 0.6) is 0 Å². The molecule has 0 atom stereocenters. The van der Waals surface area contributed by atoms with E-state index in [9.17, 15) is 0 Å². The number of alkyl halides is 1. The van der Waals surface area contributed by atoms with Crippen molar-refractivity contribution < 1.29 is 4.74 Å². The van der Waals surface area contributed by atoms with Gasteiger partial charge in [0, 0.05) is 16.8 Å². The summed E-state index contributed by atoms with van der Waals surface area (Å²) in [5.74, 6) is 0. The van der Waals surface area contributed by atoms with E-state index in [0.717, 1.165) is 11.8 Å². The molecule has 0 aliphatic heterocycles. The molecule has 0 radical (unpaired) electrons. The van der Waals surface area contributed by atoms with Crippen molar-refractivity contribution in [3.63, 3.8) is 0 Å². The highest BCUT2D eigenvalue weighted by atomic mass is 79.9. The molecule has 0 saturated carbocycles. The van der Waals surface area contributed by atoms with Gasteiger partial charge in [-0.25, -0.2) is 0 Å². The van der Waals surface area contributed by atoms with Crippen LogP contribution in [0, 0.1) is 0 Å². The van der Waals surface area contributed by atoms with Crippen LogP contribution in [-0.4, -0.2) is 18.7 Å². The molecule has 0 amide bonds. The summed E-state index contributed by atoms with van der Waals surface area (Å²) in [5, 5.41) is 4.40. The number of halogens is 1. The van der Waals surface area contributed by atoms with Crippen LogP contribution in [0.15, 0.2) is 5.11 Å². The summed E-state index contributed by atoms with van der Waals surface area (Å²) >= 11 is 3.41. The molecule has 82 valence electrons. The molecule has 0 bridgehead atoms. The van der Waals surface area contributed by atoms with Crippen LogP contribution in [0.25, 0.3) is 10.4 Å². The first-order chi connectivity index (χ1) is 6.91. The Morgan fingerprint density at radius 2 is 1.71 bits per heavy atom. The van der Waals surface area contributed by atoms with Crippen LogP contribution in [-0.2, 0) is 4.74 Å². The lowest BCUT2D eigenvalue weighted by Crippen LogP contribution is -1.93. The van der Waals surface area contributed by atoms with Crippen molar-refractivity contribution in [1.82, 2.24) is 0 Å². The van der Waals surface area contributed by atoms with Crippen LogP contribution in [0.3, 0.4) is 0 Å². The van der Waals surface area contributed by atoms with Crippen molar-refractivity contribution >= 4 is 15.9 Å². The molecule has 0 aliphatic rings.